The Labute approximate surface area is 106 Å². The van der Waals surface area contributed by atoms with Crippen LogP contribution in [0.15, 0.2) is 11.4 Å². The molecular formula is C10H16ClN3O2S. The maximum atomic E-state index is 12.0. The number of rotatable bonds is 4. The van der Waals surface area contributed by atoms with E-state index in [0.717, 1.165) is 12.8 Å². The van der Waals surface area contributed by atoms with Crippen LogP contribution in [-0.2, 0) is 17.1 Å². The molecule has 1 N–H and O–H groups in total. The van der Waals surface area contributed by atoms with Crippen LogP contribution in [0.1, 0.15) is 26.2 Å². The quantitative estimate of drug-likeness (QED) is 0.908. The average Bonchev–Trinajstić information content (AvgIpc) is 2.55. The zero-order chi connectivity index (χ0) is 12.7. The second-order valence-electron chi connectivity index (χ2n) is 4.94. The van der Waals surface area contributed by atoms with Gasteiger partial charge in [0.05, 0.1) is 6.33 Å². The summed E-state index contributed by atoms with van der Waals surface area (Å²) in [5.41, 5.74) is 0.0916. The summed E-state index contributed by atoms with van der Waals surface area (Å²) in [6.45, 7) is 2.53. The summed E-state index contributed by atoms with van der Waals surface area (Å²) in [4.78, 5) is 3.81. The van der Waals surface area contributed by atoms with E-state index in [0.29, 0.717) is 6.54 Å². The molecule has 1 aliphatic carbocycles. The number of aryl methyl sites for hydroxylation is 1. The summed E-state index contributed by atoms with van der Waals surface area (Å²) in [5, 5.41) is 0.0425. The first-order valence-electron chi connectivity index (χ1n) is 5.51. The van der Waals surface area contributed by atoms with Crippen molar-refractivity contribution in [1.82, 2.24) is 14.3 Å². The molecule has 7 heteroatoms. The van der Waals surface area contributed by atoms with Gasteiger partial charge in [-0.1, -0.05) is 24.9 Å². The first-order valence-corrected chi connectivity index (χ1v) is 7.37. The van der Waals surface area contributed by atoms with Gasteiger partial charge < -0.3 is 4.57 Å². The Morgan fingerprint density at radius 2 is 2.24 bits per heavy atom. The predicted octanol–water partition coefficient (Wildman–Crippen LogP) is 1.54. The minimum absolute atomic E-state index is 0.0916. The molecule has 1 aromatic rings. The van der Waals surface area contributed by atoms with Crippen LogP contribution in [0, 0.1) is 5.41 Å². The van der Waals surface area contributed by atoms with Gasteiger partial charge in [0.15, 0.2) is 0 Å². The molecule has 1 heterocycles. The Bertz CT molecular complexity index is 520. The van der Waals surface area contributed by atoms with Crippen LogP contribution in [0.5, 0.6) is 0 Å². The molecule has 0 saturated heterocycles. The Morgan fingerprint density at radius 1 is 1.59 bits per heavy atom. The van der Waals surface area contributed by atoms with Crippen molar-refractivity contribution in [2.45, 2.75) is 31.2 Å². The molecule has 0 bridgehead atoms. The van der Waals surface area contributed by atoms with Crippen LogP contribution in [0.2, 0.25) is 5.15 Å². The summed E-state index contributed by atoms with van der Waals surface area (Å²) in [5.74, 6) is 0. The minimum atomic E-state index is -3.59. The lowest BCUT2D eigenvalue weighted by molar-refractivity contribution is 0.166. The minimum Gasteiger partial charge on any atom is -0.324 e. The highest BCUT2D eigenvalue weighted by Gasteiger charge is 2.34. The van der Waals surface area contributed by atoms with E-state index in [2.05, 4.69) is 16.6 Å². The van der Waals surface area contributed by atoms with Gasteiger partial charge in [0.2, 0.25) is 5.03 Å². The van der Waals surface area contributed by atoms with Gasteiger partial charge in [-0.2, -0.15) is 0 Å². The zero-order valence-corrected chi connectivity index (χ0v) is 11.5. The molecule has 0 aromatic carbocycles. The van der Waals surface area contributed by atoms with Gasteiger partial charge in [0.25, 0.3) is 10.0 Å². The standard InChI is InChI=1S/C10H16ClN3O2S/c1-10(4-3-5-10)6-13-17(15,16)9-8(11)14(2)7-12-9/h7,13H,3-6H2,1-2H3. The predicted molar refractivity (Wildman–Crippen MR) is 65.4 cm³/mol. The number of sulfonamides is 1. The first-order chi connectivity index (χ1) is 7.84. The molecule has 0 atom stereocenters. The lowest BCUT2D eigenvalue weighted by Gasteiger charge is -2.38. The van der Waals surface area contributed by atoms with Gasteiger partial charge in [-0.25, -0.2) is 18.1 Å². The Balaban J connectivity index is 2.11. The SMILES string of the molecule is Cn1cnc(S(=O)(=O)NCC2(C)CCC2)c1Cl. The summed E-state index contributed by atoms with van der Waals surface area (Å²) >= 11 is 5.87. The largest absolute Gasteiger partial charge is 0.324 e. The molecule has 1 fully saturated rings. The van der Waals surface area contributed by atoms with Crippen molar-refractivity contribution in [3.8, 4) is 0 Å². The molecule has 0 aliphatic heterocycles. The molecular weight excluding hydrogens is 262 g/mol. The number of halogens is 1. The summed E-state index contributed by atoms with van der Waals surface area (Å²) in [6, 6.07) is 0. The molecule has 1 saturated carbocycles. The highest BCUT2D eigenvalue weighted by molar-refractivity contribution is 7.89. The highest BCUT2D eigenvalue weighted by atomic mass is 35.5. The Morgan fingerprint density at radius 3 is 2.65 bits per heavy atom. The van der Waals surface area contributed by atoms with E-state index in [1.54, 1.807) is 7.05 Å². The maximum Gasteiger partial charge on any atom is 0.261 e. The molecule has 1 aromatic heterocycles. The summed E-state index contributed by atoms with van der Waals surface area (Å²) < 4.78 is 28.0. The van der Waals surface area contributed by atoms with Gasteiger partial charge in [0, 0.05) is 13.6 Å². The molecule has 2 rings (SSSR count). The van der Waals surface area contributed by atoms with Crippen molar-refractivity contribution in [2.24, 2.45) is 12.5 Å². The smallest absolute Gasteiger partial charge is 0.261 e. The van der Waals surface area contributed by atoms with Crippen LogP contribution in [0.25, 0.3) is 0 Å². The fourth-order valence-electron chi connectivity index (χ4n) is 1.87. The van der Waals surface area contributed by atoms with Gasteiger partial charge in [-0.3, -0.25) is 0 Å². The Kier molecular flexibility index (Phi) is 3.22. The summed E-state index contributed by atoms with van der Waals surface area (Å²) in [7, 11) is -1.94. The lowest BCUT2D eigenvalue weighted by atomic mass is 9.71. The van der Waals surface area contributed by atoms with Crippen LogP contribution in [0.3, 0.4) is 0 Å². The number of hydrogen-bond acceptors (Lipinski definition) is 3. The van der Waals surface area contributed by atoms with Crippen molar-refractivity contribution in [1.29, 1.82) is 0 Å². The van der Waals surface area contributed by atoms with E-state index >= 15 is 0 Å². The second kappa shape index (κ2) is 4.26. The molecule has 0 spiro atoms. The summed E-state index contributed by atoms with van der Waals surface area (Å²) in [6.07, 6.45) is 4.68. The molecule has 96 valence electrons. The molecule has 0 unspecified atom stereocenters. The number of imidazole rings is 1. The lowest BCUT2D eigenvalue weighted by Crippen LogP contribution is -2.40. The van der Waals surface area contributed by atoms with E-state index in [9.17, 15) is 8.42 Å². The Hall–Kier alpha value is -0.590. The average molecular weight is 278 g/mol. The molecule has 1 aliphatic rings. The normalized spacial score (nSPS) is 19.0. The maximum absolute atomic E-state index is 12.0. The van der Waals surface area contributed by atoms with Crippen LogP contribution in [0.4, 0.5) is 0 Å². The number of nitrogens with zero attached hydrogens (tertiary/aromatic N) is 2. The van der Waals surface area contributed by atoms with E-state index in [1.165, 1.54) is 17.3 Å². The van der Waals surface area contributed by atoms with Gasteiger partial charge in [0.1, 0.15) is 5.15 Å². The fourth-order valence-corrected chi connectivity index (χ4v) is 3.49. The van der Waals surface area contributed by atoms with Crippen LogP contribution >= 0.6 is 11.6 Å². The number of aromatic nitrogens is 2. The molecule has 0 amide bonds. The third-order valence-corrected chi connectivity index (χ3v) is 5.23. The monoisotopic (exact) mass is 277 g/mol. The van der Waals surface area contributed by atoms with E-state index in [1.807, 2.05) is 0 Å². The van der Waals surface area contributed by atoms with Crippen molar-refractivity contribution in [3.63, 3.8) is 0 Å². The fraction of sp³-hybridized carbons (Fsp3) is 0.700. The van der Waals surface area contributed by atoms with Gasteiger partial charge in [-0.05, 0) is 18.3 Å². The second-order valence-corrected chi connectivity index (χ2v) is 6.98. The van der Waals surface area contributed by atoms with Crippen LogP contribution in [-0.4, -0.2) is 24.5 Å². The number of nitrogens with one attached hydrogen (secondary N) is 1. The topological polar surface area (TPSA) is 64.0 Å². The zero-order valence-electron chi connectivity index (χ0n) is 9.90. The third-order valence-electron chi connectivity index (χ3n) is 3.34. The van der Waals surface area contributed by atoms with Gasteiger partial charge >= 0.3 is 0 Å². The van der Waals surface area contributed by atoms with Crippen molar-refractivity contribution < 1.29 is 8.42 Å². The van der Waals surface area contributed by atoms with E-state index < -0.39 is 10.0 Å². The highest BCUT2D eigenvalue weighted by Crippen LogP contribution is 2.39. The molecule has 0 radical (unpaired) electrons. The van der Waals surface area contributed by atoms with Crippen LogP contribution < -0.4 is 4.72 Å². The van der Waals surface area contributed by atoms with E-state index in [4.69, 9.17) is 11.6 Å². The van der Waals surface area contributed by atoms with Crippen molar-refractivity contribution in [2.75, 3.05) is 6.54 Å². The van der Waals surface area contributed by atoms with Crippen molar-refractivity contribution in [3.05, 3.63) is 11.5 Å². The molecule has 5 nitrogen and oxygen atoms in total. The third kappa shape index (κ3) is 2.48. The van der Waals surface area contributed by atoms with Gasteiger partial charge in [-0.15, -0.1) is 0 Å². The first kappa shape index (κ1) is 12.9. The van der Waals surface area contributed by atoms with E-state index in [-0.39, 0.29) is 15.6 Å². The van der Waals surface area contributed by atoms with Crippen molar-refractivity contribution >= 4 is 21.6 Å². The molecule has 17 heavy (non-hydrogen) atoms. The number of hydrogen-bond donors (Lipinski definition) is 1.